The highest BCUT2D eigenvalue weighted by atomic mass is 35.5. The van der Waals surface area contributed by atoms with Crippen LogP contribution in [0.4, 0.5) is 24.3 Å². The molecule has 3 amide bonds. The number of nitrogens with one attached hydrogen (secondary N) is 3. The second kappa shape index (κ2) is 20.9. The van der Waals surface area contributed by atoms with Crippen LogP contribution in [0.3, 0.4) is 0 Å². The van der Waals surface area contributed by atoms with Crippen LogP contribution in [0.1, 0.15) is 62.9 Å². The molecule has 1 aromatic carbocycles. The molecule has 1 aliphatic rings. The molecule has 1 aliphatic heterocycles. The number of anilines is 2. The Kier molecular flexibility index (Phi) is 17.4. The molecular weight excluding hydrogens is 660 g/mol. The Bertz CT molecular complexity index is 1540. The summed E-state index contributed by atoms with van der Waals surface area (Å²) in [5.74, 6) is -0.453. The molecule has 2 aromatic rings. The number of amides is 3. The number of hydroxylamine groups is 1. The van der Waals surface area contributed by atoms with Gasteiger partial charge in [-0.3, -0.25) is 14.4 Å². The first-order chi connectivity index (χ1) is 22.9. The number of Topliss-reactive ketones (excluding diaryl/α,β-unsaturated/α-hetero) is 1. The van der Waals surface area contributed by atoms with E-state index in [4.69, 9.17) is 17.3 Å². The van der Waals surface area contributed by atoms with Crippen LogP contribution in [0.2, 0.25) is 0 Å². The van der Waals surface area contributed by atoms with Gasteiger partial charge < -0.3 is 21.3 Å². The first kappa shape index (κ1) is 39.9. The Balaban J connectivity index is 0.000000886. The van der Waals surface area contributed by atoms with Crippen molar-refractivity contribution in [3.05, 3.63) is 94.8 Å². The van der Waals surface area contributed by atoms with E-state index in [1.807, 2.05) is 25.1 Å². The Morgan fingerprint density at radius 1 is 1.12 bits per heavy atom. The van der Waals surface area contributed by atoms with Crippen molar-refractivity contribution in [3.8, 4) is 10.4 Å². The highest BCUT2D eigenvalue weighted by Gasteiger charge is 2.29. The van der Waals surface area contributed by atoms with E-state index in [9.17, 15) is 23.2 Å². The molecule has 1 aromatic heterocycles. The number of thiophene rings is 1. The largest absolute Gasteiger partial charge is 0.402 e. The van der Waals surface area contributed by atoms with Crippen molar-refractivity contribution < 1.29 is 28.0 Å². The van der Waals surface area contributed by atoms with Gasteiger partial charge in [0, 0.05) is 41.7 Å². The Morgan fingerprint density at radius 3 is 2.42 bits per heavy atom. The van der Waals surface area contributed by atoms with Crippen molar-refractivity contribution in [2.75, 3.05) is 37.0 Å². The van der Waals surface area contributed by atoms with E-state index in [1.165, 1.54) is 54.7 Å². The van der Waals surface area contributed by atoms with E-state index in [0.29, 0.717) is 42.8 Å². The fourth-order valence-electron chi connectivity index (χ4n) is 4.49. The van der Waals surface area contributed by atoms with Crippen molar-refractivity contribution in [1.29, 1.82) is 0 Å². The maximum absolute atomic E-state index is 13.4. The second-order valence-corrected chi connectivity index (χ2v) is 12.2. The zero-order chi connectivity index (χ0) is 35.6. The summed E-state index contributed by atoms with van der Waals surface area (Å²) in [4.78, 5) is 45.1. The Morgan fingerprint density at radius 2 is 1.83 bits per heavy atom. The molecule has 13 heteroatoms. The van der Waals surface area contributed by atoms with Crippen LogP contribution in [0.15, 0.2) is 83.6 Å². The molecule has 3 rings (SSSR count). The van der Waals surface area contributed by atoms with E-state index in [1.54, 1.807) is 25.1 Å². The monoisotopic (exact) mass is 703 g/mol. The van der Waals surface area contributed by atoms with Gasteiger partial charge in [-0.1, -0.05) is 35.4 Å². The molecule has 5 N–H and O–H groups in total. The van der Waals surface area contributed by atoms with E-state index >= 15 is 0 Å². The fourth-order valence-corrected chi connectivity index (χ4v) is 6.23. The van der Waals surface area contributed by atoms with Gasteiger partial charge in [0.2, 0.25) is 5.91 Å². The van der Waals surface area contributed by atoms with E-state index < -0.39 is 6.03 Å². The molecule has 0 spiro atoms. The first-order valence-corrected chi connectivity index (χ1v) is 16.6. The SMILES string of the molecule is C/C(N)=C/C=C(\C)F.CONC(=O)Nc1ccc(-c2sc3c(c2CCl)C(=O)CNC(=O)CCN3CC/C(C)=C(\C)CC=C/C=C/F)cc1. The Hall–Kier alpha value is -4.26. The van der Waals surface area contributed by atoms with E-state index in [2.05, 4.69) is 32.8 Å². The zero-order valence-electron chi connectivity index (χ0n) is 27.9. The highest BCUT2D eigenvalue weighted by Crippen LogP contribution is 2.44. The molecule has 0 saturated carbocycles. The first-order valence-electron chi connectivity index (χ1n) is 15.2. The van der Waals surface area contributed by atoms with Gasteiger partial charge in [-0.15, -0.1) is 22.9 Å². The average molecular weight is 704 g/mol. The minimum Gasteiger partial charge on any atom is -0.402 e. The average Bonchev–Trinajstić information content (AvgIpc) is 3.46. The van der Waals surface area contributed by atoms with Gasteiger partial charge in [-0.2, -0.15) is 0 Å². The maximum atomic E-state index is 13.4. The van der Waals surface area contributed by atoms with Gasteiger partial charge in [-0.05, 0) is 82.0 Å². The molecule has 0 bridgehead atoms. The maximum Gasteiger partial charge on any atom is 0.343 e. The number of rotatable bonds is 11. The third kappa shape index (κ3) is 13.1. The summed E-state index contributed by atoms with van der Waals surface area (Å²) in [7, 11) is 1.35. The topological polar surface area (TPSA) is 126 Å². The molecule has 9 nitrogen and oxygen atoms in total. The summed E-state index contributed by atoms with van der Waals surface area (Å²) in [5.41, 5.74) is 13.1. The second-order valence-electron chi connectivity index (χ2n) is 10.9. The van der Waals surface area contributed by atoms with E-state index in [0.717, 1.165) is 27.4 Å². The summed E-state index contributed by atoms with van der Waals surface area (Å²) >= 11 is 7.92. The smallest absolute Gasteiger partial charge is 0.343 e. The predicted octanol–water partition coefficient (Wildman–Crippen LogP) is 8.22. The molecule has 48 heavy (non-hydrogen) atoms. The lowest BCUT2D eigenvalue weighted by Crippen LogP contribution is -2.31. The summed E-state index contributed by atoms with van der Waals surface area (Å²) < 4.78 is 24.0. The fraction of sp³-hybridized carbons (Fsp3) is 0.343. The van der Waals surface area contributed by atoms with Crippen LogP contribution in [0, 0.1) is 0 Å². The summed E-state index contributed by atoms with van der Waals surface area (Å²) in [6.07, 6.45) is 9.98. The number of urea groups is 1. The van der Waals surface area contributed by atoms with Crippen molar-refractivity contribution >= 4 is 51.3 Å². The van der Waals surface area contributed by atoms with Crippen LogP contribution in [-0.2, 0) is 15.5 Å². The molecule has 0 saturated heterocycles. The van der Waals surface area contributed by atoms with Crippen LogP contribution >= 0.6 is 22.9 Å². The van der Waals surface area contributed by atoms with Gasteiger partial charge >= 0.3 is 6.03 Å². The molecule has 0 radical (unpaired) electrons. The molecule has 260 valence electrons. The number of carbonyl (C=O) groups excluding carboxylic acids is 3. The van der Waals surface area contributed by atoms with E-state index in [-0.39, 0.29) is 36.4 Å². The summed E-state index contributed by atoms with van der Waals surface area (Å²) in [5, 5.41) is 6.20. The Labute approximate surface area is 290 Å². The van der Waals surface area contributed by atoms with Crippen molar-refractivity contribution in [2.45, 2.75) is 52.8 Å². The highest BCUT2D eigenvalue weighted by molar-refractivity contribution is 7.20. The lowest BCUT2D eigenvalue weighted by molar-refractivity contribution is -0.120. The molecule has 2 heterocycles. The van der Waals surface area contributed by atoms with Gasteiger partial charge in [0.05, 0.1) is 31.4 Å². The third-order valence-corrected chi connectivity index (χ3v) is 8.76. The number of alkyl halides is 1. The number of hydrogen-bond donors (Lipinski definition) is 4. The summed E-state index contributed by atoms with van der Waals surface area (Å²) in [6, 6.07) is 6.76. The van der Waals surface area contributed by atoms with Gasteiger partial charge in [-0.25, -0.2) is 19.1 Å². The van der Waals surface area contributed by atoms with Gasteiger partial charge in [0.15, 0.2) is 5.78 Å². The number of ketones is 1. The van der Waals surface area contributed by atoms with Gasteiger partial charge in [0.25, 0.3) is 0 Å². The lowest BCUT2D eigenvalue weighted by atomic mass is 10.0. The number of nitrogens with zero attached hydrogens (tertiary/aromatic N) is 1. The van der Waals surface area contributed by atoms with Crippen molar-refractivity contribution in [2.24, 2.45) is 5.73 Å². The number of allylic oxidation sites excluding steroid dienone is 8. The molecule has 0 unspecified atom stereocenters. The number of hydrogen-bond acceptors (Lipinski definition) is 7. The van der Waals surface area contributed by atoms with Gasteiger partial charge in [0.1, 0.15) is 5.00 Å². The number of halogens is 3. The molecule has 0 atom stereocenters. The minimum atomic E-state index is -0.498. The standard InChI is InChI=1S/C29H34ClFN4O4S.C6H10FN/c1-19(7-5-4-6-14-31)20(2)12-15-35-16-13-25(37)32-18-24(36)26-23(17-30)27(40-28(26)35)21-8-10-22(11-9-21)33-29(38)34-39-3;1-5(7)3-4-6(2)8/h4-6,8-11,14H,7,12-13,15-18H2,1-3H3,(H,32,37)(H2,33,34,38);3-4H,8H2,1-2H3/b5-4?,14-6+,20-19+;5-3+,6-4-. The van der Waals surface area contributed by atoms with Crippen LogP contribution in [-0.4, -0.2) is 44.5 Å². The number of nitrogens with two attached hydrogens (primary N) is 1. The summed E-state index contributed by atoms with van der Waals surface area (Å²) in [6.45, 7) is 8.18. The number of benzene rings is 1. The predicted molar refractivity (Wildman–Crippen MR) is 192 cm³/mol. The molecule has 0 aliphatic carbocycles. The minimum absolute atomic E-state index is 0.0884. The molecular formula is C35H44ClF2N5O4S. The third-order valence-electron chi connectivity index (χ3n) is 7.15. The molecule has 0 fully saturated rings. The van der Waals surface area contributed by atoms with Crippen LogP contribution in [0.5, 0.6) is 0 Å². The van der Waals surface area contributed by atoms with Crippen LogP contribution < -0.4 is 26.7 Å². The van der Waals surface area contributed by atoms with Crippen LogP contribution in [0.25, 0.3) is 10.4 Å². The number of carbonyl (C=O) groups is 3. The quantitative estimate of drug-likeness (QED) is 0.0809. The van der Waals surface area contributed by atoms with Crippen molar-refractivity contribution in [3.63, 3.8) is 0 Å². The normalized spacial score (nSPS) is 14.8. The lowest BCUT2D eigenvalue weighted by Gasteiger charge is -2.24. The zero-order valence-corrected chi connectivity index (χ0v) is 29.5. The van der Waals surface area contributed by atoms with Crippen molar-refractivity contribution in [1.82, 2.24) is 10.8 Å². The number of fused-ring (bicyclic) bond motifs is 1.